The van der Waals surface area contributed by atoms with Crippen LogP contribution in [-0.4, -0.2) is 32.7 Å². The molecule has 7 nitrogen and oxygen atoms in total. The Morgan fingerprint density at radius 1 is 1.56 bits per heavy atom. The van der Waals surface area contributed by atoms with Gasteiger partial charge in [0.05, 0.1) is 0 Å². The highest BCUT2D eigenvalue weighted by atomic mass is 32.2. The van der Waals surface area contributed by atoms with Crippen molar-refractivity contribution in [1.29, 1.82) is 0 Å². The molecular weight excluding hydrogens is 292 g/mol. The smallest absolute Gasteiger partial charge is 0.223 e. The van der Waals surface area contributed by atoms with Crippen molar-refractivity contribution >= 4 is 57.2 Å². The fourth-order valence-electron chi connectivity index (χ4n) is 0.818. The Hall–Kier alpha value is -1.26. The minimum Gasteiger partial charge on any atom is -0.375 e. The minimum absolute atomic E-state index is 0.128. The van der Waals surface area contributed by atoms with Gasteiger partial charge in [-0.05, 0) is 19.1 Å². The highest BCUT2D eigenvalue weighted by Crippen LogP contribution is 2.25. The van der Waals surface area contributed by atoms with Gasteiger partial charge in [-0.3, -0.25) is 10.2 Å². The molecule has 1 amide bonds. The summed E-state index contributed by atoms with van der Waals surface area (Å²) in [4.78, 5) is 10.8. The van der Waals surface area contributed by atoms with E-state index in [1.165, 1.54) is 30.0 Å². The normalized spacial score (nSPS) is 11.1. The summed E-state index contributed by atoms with van der Waals surface area (Å²) in [5, 5.41) is 14.9. The number of thioether (sulfide) groups is 1. The molecule has 0 aromatic carbocycles. The fraction of sp³-hybridized carbons (Fsp3) is 0.375. The number of aromatic nitrogens is 2. The van der Waals surface area contributed by atoms with E-state index >= 15 is 0 Å². The van der Waals surface area contributed by atoms with Crippen LogP contribution in [0.2, 0.25) is 0 Å². The molecule has 10 heteroatoms. The first-order valence-electron chi connectivity index (χ1n) is 4.80. The molecule has 0 unspecified atom stereocenters. The van der Waals surface area contributed by atoms with Crippen molar-refractivity contribution in [2.75, 3.05) is 11.1 Å². The Morgan fingerprint density at radius 2 is 2.28 bits per heavy atom. The average Bonchev–Trinajstić information content (AvgIpc) is 2.70. The molecule has 0 fully saturated rings. The van der Waals surface area contributed by atoms with Crippen LogP contribution in [0.4, 0.5) is 5.13 Å². The molecule has 4 N–H and O–H groups in total. The van der Waals surface area contributed by atoms with Gasteiger partial charge in [0.15, 0.2) is 9.45 Å². The molecule has 0 aliphatic rings. The van der Waals surface area contributed by atoms with Crippen LogP contribution >= 0.6 is 35.3 Å². The third kappa shape index (κ3) is 5.89. The number of hydrazone groups is 1. The molecule has 1 aromatic rings. The minimum atomic E-state index is -0.166. The van der Waals surface area contributed by atoms with Crippen LogP contribution in [0.25, 0.3) is 0 Å². The number of thiocarbonyl (C=S) groups is 1. The van der Waals surface area contributed by atoms with Crippen molar-refractivity contribution in [3.05, 3.63) is 0 Å². The van der Waals surface area contributed by atoms with E-state index in [1.807, 2.05) is 6.92 Å². The van der Waals surface area contributed by atoms with Crippen LogP contribution < -0.4 is 16.5 Å². The van der Waals surface area contributed by atoms with Crippen LogP contribution in [0.5, 0.6) is 0 Å². The standard InChI is InChI=1S/C8H12N6OS3/c1-4(11-12-6(9)16)3-17-8-14-13-7(18-8)10-5(2)15/h3H2,1-2H3,(H3,9,12,16)(H,10,13,15)/b11-4-. The number of nitrogens with zero attached hydrogens (tertiary/aromatic N) is 3. The van der Waals surface area contributed by atoms with Gasteiger partial charge in [0.25, 0.3) is 0 Å². The lowest BCUT2D eigenvalue weighted by atomic mass is 10.5. The second kappa shape index (κ2) is 7.24. The maximum Gasteiger partial charge on any atom is 0.223 e. The van der Waals surface area contributed by atoms with E-state index in [0.29, 0.717) is 10.9 Å². The number of carbonyl (C=O) groups is 1. The zero-order valence-corrected chi connectivity index (χ0v) is 12.2. The topological polar surface area (TPSA) is 105 Å². The van der Waals surface area contributed by atoms with Crippen molar-refractivity contribution in [3.63, 3.8) is 0 Å². The number of hydrogen-bond acceptors (Lipinski definition) is 7. The molecule has 1 heterocycles. The first-order valence-corrected chi connectivity index (χ1v) is 7.01. The predicted octanol–water partition coefficient (Wildman–Crippen LogP) is 0.798. The largest absolute Gasteiger partial charge is 0.375 e. The summed E-state index contributed by atoms with van der Waals surface area (Å²) in [7, 11) is 0. The first-order chi connectivity index (χ1) is 8.47. The summed E-state index contributed by atoms with van der Waals surface area (Å²) >= 11 is 7.40. The zero-order chi connectivity index (χ0) is 13.5. The number of nitrogens with two attached hydrogens (primary N) is 1. The maximum absolute atomic E-state index is 10.8. The third-order valence-corrected chi connectivity index (χ3v) is 3.67. The van der Waals surface area contributed by atoms with Gasteiger partial charge in [-0.25, -0.2) is 0 Å². The zero-order valence-electron chi connectivity index (χ0n) is 9.76. The lowest BCUT2D eigenvalue weighted by Gasteiger charge is -1.99. The molecule has 0 atom stereocenters. The van der Waals surface area contributed by atoms with Gasteiger partial charge < -0.3 is 11.1 Å². The molecule has 1 aromatic heterocycles. The number of carbonyl (C=O) groups excluding carboxylic acids is 1. The molecule has 98 valence electrons. The molecule has 18 heavy (non-hydrogen) atoms. The Bertz CT molecular complexity index is 471. The molecule has 0 aliphatic carbocycles. The summed E-state index contributed by atoms with van der Waals surface area (Å²) in [5.74, 6) is 0.464. The van der Waals surface area contributed by atoms with Gasteiger partial charge >= 0.3 is 0 Å². The molecule has 1 rings (SSSR count). The lowest BCUT2D eigenvalue weighted by Crippen LogP contribution is -2.25. The van der Waals surface area contributed by atoms with Crippen molar-refractivity contribution in [1.82, 2.24) is 15.6 Å². The molecule has 0 bridgehead atoms. The molecular formula is C8H12N6OS3. The molecule has 0 spiro atoms. The van der Waals surface area contributed by atoms with Gasteiger partial charge in [-0.2, -0.15) is 5.10 Å². The first kappa shape index (κ1) is 14.8. The van der Waals surface area contributed by atoms with Gasteiger partial charge in [-0.1, -0.05) is 23.1 Å². The van der Waals surface area contributed by atoms with Gasteiger partial charge in [-0.15, -0.1) is 10.2 Å². The highest BCUT2D eigenvalue weighted by Gasteiger charge is 2.06. The van der Waals surface area contributed by atoms with Crippen molar-refractivity contribution < 1.29 is 4.79 Å². The van der Waals surface area contributed by atoms with E-state index in [0.717, 1.165) is 10.1 Å². The van der Waals surface area contributed by atoms with Gasteiger partial charge in [0.1, 0.15) is 0 Å². The Kier molecular flexibility index (Phi) is 5.95. The maximum atomic E-state index is 10.8. The SMILES string of the molecule is CC(=O)Nc1nnc(SC/C(C)=N\NC(N)=S)s1. The van der Waals surface area contributed by atoms with E-state index in [1.54, 1.807) is 0 Å². The number of anilines is 1. The Labute approximate surface area is 118 Å². The van der Waals surface area contributed by atoms with Crippen molar-refractivity contribution in [3.8, 4) is 0 Å². The highest BCUT2D eigenvalue weighted by molar-refractivity contribution is 8.01. The summed E-state index contributed by atoms with van der Waals surface area (Å²) < 4.78 is 0.753. The van der Waals surface area contributed by atoms with E-state index < -0.39 is 0 Å². The summed E-state index contributed by atoms with van der Waals surface area (Å²) in [5.41, 5.74) is 8.57. The van der Waals surface area contributed by atoms with Crippen molar-refractivity contribution in [2.24, 2.45) is 10.8 Å². The quantitative estimate of drug-likeness (QED) is 0.243. The Balaban J connectivity index is 2.43. The molecule has 0 radical (unpaired) electrons. The van der Waals surface area contributed by atoms with E-state index in [9.17, 15) is 4.79 Å². The average molecular weight is 304 g/mol. The van der Waals surface area contributed by atoms with E-state index in [4.69, 9.17) is 5.73 Å². The number of amides is 1. The molecule has 0 aliphatic heterocycles. The molecule has 0 saturated heterocycles. The van der Waals surface area contributed by atoms with Gasteiger partial charge in [0, 0.05) is 18.4 Å². The van der Waals surface area contributed by atoms with Crippen LogP contribution in [-0.2, 0) is 4.79 Å². The number of nitrogens with one attached hydrogen (secondary N) is 2. The number of hydrogen-bond donors (Lipinski definition) is 3. The van der Waals surface area contributed by atoms with E-state index in [-0.39, 0.29) is 11.0 Å². The van der Waals surface area contributed by atoms with E-state index in [2.05, 4.69) is 38.3 Å². The van der Waals surface area contributed by atoms with Crippen LogP contribution in [0, 0.1) is 0 Å². The monoisotopic (exact) mass is 304 g/mol. The Morgan fingerprint density at radius 3 is 2.89 bits per heavy atom. The predicted molar refractivity (Wildman–Crippen MR) is 78.0 cm³/mol. The second-order valence-corrected chi connectivity index (χ2v) is 5.81. The summed E-state index contributed by atoms with van der Waals surface area (Å²) in [6.07, 6.45) is 0. The summed E-state index contributed by atoms with van der Waals surface area (Å²) in [6, 6.07) is 0. The second-order valence-electron chi connectivity index (χ2n) is 3.17. The van der Waals surface area contributed by atoms with Crippen LogP contribution in [0.1, 0.15) is 13.8 Å². The summed E-state index contributed by atoms with van der Waals surface area (Å²) in [6.45, 7) is 3.26. The van der Waals surface area contributed by atoms with Gasteiger partial charge in [0.2, 0.25) is 11.0 Å². The van der Waals surface area contributed by atoms with Crippen LogP contribution in [0.3, 0.4) is 0 Å². The van der Waals surface area contributed by atoms with Crippen molar-refractivity contribution in [2.45, 2.75) is 18.2 Å². The molecule has 0 saturated carbocycles. The van der Waals surface area contributed by atoms with Crippen LogP contribution in [0.15, 0.2) is 9.44 Å². The lowest BCUT2D eigenvalue weighted by molar-refractivity contribution is -0.114. The number of rotatable bonds is 5. The third-order valence-electron chi connectivity index (χ3n) is 1.45. The fourth-order valence-corrected chi connectivity index (χ4v) is 2.53.